The highest BCUT2D eigenvalue weighted by Crippen LogP contribution is 2.10. The molecule has 24 heavy (non-hydrogen) atoms. The Bertz CT molecular complexity index is 696. The van der Waals surface area contributed by atoms with E-state index in [0.717, 1.165) is 30.2 Å². The third kappa shape index (κ3) is 5.04. The zero-order valence-electron chi connectivity index (χ0n) is 14.3. The van der Waals surface area contributed by atoms with Crippen LogP contribution in [0.3, 0.4) is 0 Å². The molecule has 0 atom stereocenters. The van der Waals surface area contributed by atoms with Crippen molar-refractivity contribution >= 4 is 5.96 Å². The lowest BCUT2D eigenvalue weighted by Gasteiger charge is -2.21. The Kier molecular flexibility index (Phi) is 6.28. The van der Waals surface area contributed by atoms with Crippen molar-refractivity contribution in [1.82, 2.24) is 20.0 Å². The first kappa shape index (κ1) is 17.9. The lowest BCUT2D eigenvalue weighted by Crippen LogP contribution is -2.38. The topological polar surface area (TPSA) is 45.5 Å². The van der Waals surface area contributed by atoms with E-state index in [9.17, 15) is 8.78 Å². The van der Waals surface area contributed by atoms with Gasteiger partial charge in [-0.1, -0.05) is 0 Å². The summed E-state index contributed by atoms with van der Waals surface area (Å²) >= 11 is 0. The second-order valence-corrected chi connectivity index (χ2v) is 5.60. The number of benzene rings is 1. The van der Waals surface area contributed by atoms with Crippen LogP contribution in [-0.2, 0) is 20.0 Å². The lowest BCUT2D eigenvalue weighted by atomic mass is 10.1. The van der Waals surface area contributed by atoms with Gasteiger partial charge < -0.3 is 10.2 Å². The normalized spacial score (nSPS) is 11.6. The summed E-state index contributed by atoms with van der Waals surface area (Å²) in [5, 5.41) is 7.35. The maximum atomic E-state index is 13.6. The van der Waals surface area contributed by atoms with Crippen LogP contribution in [0.2, 0.25) is 0 Å². The second-order valence-electron chi connectivity index (χ2n) is 5.60. The van der Waals surface area contributed by atoms with Gasteiger partial charge in [0.05, 0.1) is 6.20 Å². The van der Waals surface area contributed by atoms with Crippen molar-refractivity contribution in [2.75, 3.05) is 20.1 Å². The molecule has 0 spiro atoms. The van der Waals surface area contributed by atoms with Crippen molar-refractivity contribution in [3.8, 4) is 0 Å². The third-order valence-electron chi connectivity index (χ3n) is 3.53. The summed E-state index contributed by atoms with van der Waals surface area (Å²) in [7, 11) is 3.80. The maximum Gasteiger partial charge on any atom is 0.193 e. The van der Waals surface area contributed by atoms with E-state index >= 15 is 0 Å². The van der Waals surface area contributed by atoms with E-state index in [1.807, 2.05) is 38.3 Å². The quantitative estimate of drug-likeness (QED) is 0.651. The van der Waals surface area contributed by atoms with Gasteiger partial charge in [0.1, 0.15) is 11.6 Å². The maximum absolute atomic E-state index is 13.6. The molecule has 1 aromatic heterocycles. The zero-order valence-corrected chi connectivity index (χ0v) is 14.3. The van der Waals surface area contributed by atoms with E-state index in [-0.39, 0.29) is 0 Å². The molecule has 0 radical (unpaired) electrons. The zero-order chi connectivity index (χ0) is 17.5. The molecule has 0 aliphatic heterocycles. The van der Waals surface area contributed by atoms with Crippen molar-refractivity contribution in [3.05, 3.63) is 53.4 Å². The fraction of sp³-hybridized carbons (Fsp3) is 0.412. The van der Waals surface area contributed by atoms with Gasteiger partial charge in [-0.3, -0.25) is 9.67 Å². The Morgan fingerprint density at radius 1 is 1.38 bits per heavy atom. The Morgan fingerprint density at radius 3 is 2.83 bits per heavy atom. The standard InChI is InChI=1S/C17H23F2N5/c1-4-20-17(23(2)11-13-10-22-24(3)12-13)21-8-7-14-9-15(18)5-6-16(14)19/h5-6,9-10,12H,4,7-8,11H2,1-3H3,(H,20,21). The first-order valence-electron chi connectivity index (χ1n) is 7.90. The van der Waals surface area contributed by atoms with Crippen LogP contribution in [0.25, 0.3) is 0 Å². The number of hydrogen-bond acceptors (Lipinski definition) is 2. The molecule has 0 saturated heterocycles. The molecule has 1 aromatic carbocycles. The number of halogens is 2. The highest BCUT2D eigenvalue weighted by molar-refractivity contribution is 5.79. The Hall–Kier alpha value is -2.44. The third-order valence-corrected chi connectivity index (χ3v) is 3.53. The van der Waals surface area contributed by atoms with E-state index in [0.29, 0.717) is 25.1 Å². The summed E-state index contributed by atoms with van der Waals surface area (Å²) in [6.45, 7) is 3.75. The number of nitrogens with zero attached hydrogens (tertiary/aromatic N) is 4. The van der Waals surface area contributed by atoms with E-state index < -0.39 is 11.6 Å². The average molecular weight is 335 g/mol. The molecule has 0 fully saturated rings. The molecule has 2 rings (SSSR count). The number of guanidine groups is 1. The van der Waals surface area contributed by atoms with Gasteiger partial charge >= 0.3 is 0 Å². The average Bonchev–Trinajstić information content (AvgIpc) is 2.94. The summed E-state index contributed by atoms with van der Waals surface area (Å²) in [5.41, 5.74) is 1.41. The van der Waals surface area contributed by atoms with E-state index in [2.05, 4.69) is 15.4 Å². The summed E-state index contributed by atoms with van der Waals surface area (Å²) in [6, 6.07) is 3.49. The molecule has 5 nitrogen and oxygen atoms in total. The predicted octanol–water partition coefficient (Wildman–Crippen LogP) is 2.34. The van der Waals surface area contributed by atoms with Gasteiger partial charge in [-0.05, 0) is 37.1 Å². The van der Waals surface area contributed by atoms with E-state index in [1.165, 1.54) is 6.07 Å². The molecular weight excluding hydrogens is 312 g/mol. The first-order valence-corrected chi connectivity index (χ1v) is 7.90. The summed E-state index contributed by atoms with van der Waals surface area (Å²) < 4.78 is 28.6. The molecule has 130 valence electrons. The van der Waals surface area contributed by atoms with Crippen LogP contribution in [0.4, 0.5) is 8.78 Å². The van der Waals surface area contributed by atoms with Crippen LogP contribution < -0.4 is 5.32 Å². The minimum atomic E-state index is -0.434. The van der Waals surface area contributed by atoms with Gasteiger partial charge in [0.25, 0.3) is 0 Å². The Balaban J connectivity index is 2.00. The molecule has 0 bridgehead atoms. The molecular formula is C17H23F2N5. The number of aliphatic imine (C=N–C) groups is 1. The van der Waals surface area contributed by atoms with Gasteiger partial charge in [-0.25, -0.2) is 8.78 Å². The molecule has 7 heteroatoms. The predicted molar refractivity (Wildman–Crippen MR) is 90.7 cm³/mol. The van der Waals surface area contributed by atoms with E-state index in [4.69, 9.17) is 0 Å². The number of aryl methyl sites for hydroxylation is 1. The van der Waals surface area contributed by atoms with Crippen LogP contribution in [0, 0.1) is 11.6 Å². The fourth-order valence-electron chi connectivity index (χ4n) is 2.39. The van der Waals surface area contributed by atoms with Crippen molar-refractivity contribution in [2.45, 2.75) is 19.9 Å². The largest absolute Gasteiger partial charge is 0.357 e. The lowest BCUT2D eigenvalue weighted by molar-refractivity contribution is 0.476. The SMILES string of the molecule is CCNC(=NCCc1cc(F)ccc1F)N(C)Cc1cnn(C)c1. The van der Waals surface area contributed by atoms with Crippen molar-refractivity contribution in [2.24, 2.45) is 12.0 Å². The highest BCUT2D eigenvalue weighted by atomic mass is 19.1. The van der Waals surface area contributed by atoms with Gasteiger partial charge in [0.15, 0.2) is 5.96 Å². The van der Waals surface area contributed by atoms with Crippen LogP contribution in [0.15, 0.2) is 35.6 Å². The Labute approximate surface area is 141 Å². The van der Waals surface area contributed by atoms with Gasteiger partial charge in [0, 0.05) is 45.5 Å². The molecule has 0 saturated carbocycles. The number of aromatic nitrogens is 2. The van der Waals surface area contributed by atoms with E-state index in [1.54, 1.807) is 4.68 Å². The van der Waals surface area contributed by atoms with Gasteiger partial charge in [-0.2, -0.15) is 5.10 Å². The molecule has 1 heterocycles. The number of rotatable bonds is 6. The molecule has 0 unspecified atom stereocenters. The first-order chi connectivity index (χ1) is 11.5. The van der Waals surface area contributed by atoms with Crippen LogP contribution >= 0.6 is 0 Å². The molecule has 0 aliphatic carbocycles. The molecule has 2 aromatic rings. The van der Waals surface area contributed by atoms with Crippen molar-refractivity contribution in [1.29, 1.82) is 0 Å². The fourth-order valence-corrected chi connectivity index (χ4v) is 2.39. The molecule has 0 amide bonds. The summed E-state index contributed by atoms with van der Waals surface area (Å²) in [6.07, 6.45) is 4.10. The van der Waals surface area contributed by atoms with Crippen LogP contribution in [0.5, 0.6) is 0 Å². The summed E-state index contributed by atoms with van der Waals surface area (Å²) in [4.78, 5) is 6.47. The number of nitrogens with one attached hydrogen (secondary N) is 1. The minimum absolute atomic E-state index is 0.338. The van der Waals surface area contributed by atoms with Gasteiger partial charge in [0.2, 0.25) is 0 Å². The number of hydrogen-bond donors (Lipinski definition) is 1. The Morgan fingerprint density at radius 2 is 2.17 bits per heavy atom. The second kappa shape index (κ2) is 8.42. The highest BCUT2D eigenvalue weighted by Gasteiger charge is 2.08. The monoisotopic (exact) mass is 335 g/mol. The van der Waals surface area contributed by atoms with Crippen LogP contribution in [0.1, 0.15) is 18.1 Å². The van der Waals surface area contributed by atoms with Crippen LogP contribution in [-0.4, -0.2) is 40.8 Å². The smallest absolute Gasteiger partial charge is 0.193 e. The minimum Gasteiger partial charge on any atom is -0.357 e. The van der Waals surface area contributed by atoms with Gasteiger partial charge in [-0.15, -0.1) is 0 Å². The molecule has 1 N–H and O–H groups in total. The van der Waals surface area contributed by atoms with Crippen molar-refractivity contribution < 1.29 is 8.78 Å². The molecule has 0 aliphatic rings. The summed E-state index contributed by atoms with van der Waals surface area (Å²) in [5.74, 6) is -0.116. The van der Waals surface area contributed by atoms with Crippen molar-refractivity contribution in [3.63, 3.8) is 0 Å².